The van der Waals surface area contributed by atoms with E-state index in [9.17, 15) is 14.7 Å². The standard InChI is InChI=1S/C18H25NO4/c1-14(6-5-9-15-7-3-2-4-8-15)16(20)19-12-10-18(23,11-13-19)17(21)22/h2-4,7-8,14,23H,5-6,9-13H2,1H3,(H,21,22). The molecule has 1 fully saturated rings. The molecule has 1 amide bonds. The number of carbonyl (C=O) groups excluding carboxylic acids is 1. The van der Waals surface area contributed by atoms with Crippen molar-refractivity contribution in [1.82, 2.24) is 4.90 Å². The van der Waals surface area contributed by atoms with Crippen molar-refractivity contribution in [1.29, 1.82) is 0 Å². The van der Waals surface area contributed by atoms with Crippen LogP contribution in [0.5, 0.6) is 0 Å². The summed E-state index contributed by atoms with van der Waals surface area (Å²) in [6.07, 6.45) is 2.92. The van der Waals surface area contributed by atoms with Crippen LogP contribution in [0.1, 0.15) is 38.2 Å². The van der Waals surface area contributed by atoms with E-state index in [0.29, 0.717) is 13.1 Å². The lowest BCUT2D eigenvalue weighted by molar-refractivity contribution is -0.165. The number of aliphatic hydroxyl groups is 1. The Labute approximate surface area is 136 Å². The van der Waals surface area contributed by atoms with Gasteiger partial charge in [-0.2, -0.15) is 0 Å². The van der Waals surface area contributed by atoms with E-state index in [1.165, 1.54) is 5.56 Å². The Balaban J connectivity index is 1.76. The number of hydrogen-bond acceptors (Lipinski definition) is 3. The van der Waals surface area contributed by atoms with Crippen molar-refractivity contribution in [3.8, 4) is 0 Å². The van der Waals surface area contributed by atoms with Gasteiger partial charge in [-0.05, 0) is 24.8 Å². The quantitative estimate of drug-likeness (QED) is 0.841. The van der Waals surface area contributed by atoms with E-state index >= 15 is 0 Å². The van der Waals surface area contributed by atoms with Crippen LogP contribution in [0.15, 0.2) is 30.3 Å². The predicted molar refractivity (Wildman–Crippen MR) is 86.9 cm³/mol. The Bertz CT molecular complexity index is 535. The van der Waals surface area contributed by atoms with Crippen LogP contribution in [0.4, 0.5) is 0 Å². The van der Waals surface area contributed by atoms with Gasteiger partial charge < -0.3 is 15.1 Å². The van der Waals surface area contributed by atoms with Gasteiger partial charge in [0.1, 0.15) is 0 Å². The fraction of sp³-hybridized carbons (Fsp3) is 0.556. The molecule has 1 aliphatic heterocycles. The molecule has 1 heterocycles. The SMILES string of the molecule is CC(CCCc1ccccc1)C(=O)N1CCC(O)(C(=O)O)CC1. The highest BCUT2D eigenvalue weighted by molar-refractivity contribution is 5.80. The largest absolute Gasteiger partial charge is 0.479 e. The van der Waals surface area contributed by atoms with Crippen LogP contribution in [0.25, 0.3) is 0 Å². The average molecular weight is 319 g/mol. The summed E-state index contributed by atoms with van der Waals surface area (Å²) < 4.78 is 0. The van der Waals surface area contributed by atoms with Gasteiger partial charge >= 0.3 is 5.97 Å². The molecule has 1 aromatic rings. The maximum atomic E-state index is 12.4. The molecule has 2 rings (SSSR count). The number of carboxylic acids is 1. The van der Waals surface area contributed by atoms with Gasteiger partial charge in [-0.3, -0.25) is 4.79 Å². The summed E-state index contributed by atoms with van der Waals surface area (Å²) in [6, 6.07) is 10.2. The molecular weight excluding hydrogens is 294 g/mol. The number of likely N-dealkylation sites (tertiary alicyclic amines) is 1. The molecule has 23 heavy (non-hydrogen) atoms. The number of aliphatic carboxylic acids is 1. The molecule has 0 saturated carbocycles. The predicted octanol–water partition coefficient (Wildman–Crippen LogP) is 2.08. The zero-order chi connectivity index (χ0) is 16.9. The Kier molecular flexibility index (Phi) is 5.77. The lowest BCUT2D eigenvalue weighted by Gasteiger charge is -2.36. The molecule has 1 saturated heterocycles. The number of rotatable bonds is 6. The van der Waals surface area contributed by atoms with Crippen molar-refractivity contribution in [2.45, 2.75) is 44.6 Å². The first-order valence-corrected chi connectivity index (χ1v) is 8.21. The zero-order valence-corrected chi connectivity index (χ0v) is 13.6. The molecular formula is C18H25NO4. The highest BCUT2D eigenvalue weighted by Gasteiger charge is 2.40. The van der Waals surface area contributed by atoms with Crippen LogP contribution < -0.4 is 0 Å². The van der Waals surface area contributed by atoms with Gasteiger partial charge in [0.05, 0.1) is 0 Å². The van der Waals surface area contributed by atoms with Crippen molar-refractivity contribution in [2.75, 3.05) is 13.1 Å². The fourth-order valence-electron chi connectivity index (χ4n) is 3.00. The van der Waals surface area contributed by atoms with E-state index in [2.05, 4.69) is 12.1 Å². The monoisotopic (exact) mass is 319 g/mol. The van der Waals surface area contributed by atoms with Crippen LogP contribution in [0.2, 0.25) is 0 Å². The van der Waals surface area contributed by atoms with E-state index < -0.39 is 11.6 Å². The number of aryl methyl sites for hydroxylation is 1. The van der Waals surface area contributed by atoms with Crippen molar-refractivity contribution in [3.63, 3.8) is 0 Å². The third kappa shape index (κ3) is 4.55. The summed E-state index contributed by atoms with van der Waals surface area (Å²) in [4.78, 5) is 25.1. The summed E-state index contributed by atoms with van der Waals surface area (Å²) in [5, 5.41) is 18.9. The minimum absolute atomic E-state index is 0.0606. The molecule has 126 valence electrons. The number of amides is 1. The lowest BCUT2D eigenvalue weighted by atomic mass is 9.90. The van der Waals surface area contributed by atoms with Gasteiger partial charge in [0.15, 0.2) is 5.60 Å². The van der Waals surface area contributed by atoms with Crippen LogP contribution in [0, 0.1) is 5.92 Å². The lowest BCUT2D eigenvalue weighted by Crippen LogP contribution is -2.51. The number of benzene rings is 1. The van der Waals surface area contributed by atoms with E-state index in [1.807, 2.05) is 25.1 Å². The van der Waals surface area contributed by atoms with Gasteiger partial charge in [-0.15, -0.1) is 0 Å². The Morgan fingerprint density at radius 1 is 1.22 bits per heavy atom. The average Bonchev–Trinajstić information content (AvgIpc) is 2.55. The Hall–Kier alpha value is -1.88. The number of carbonyl (C=O) groups is 2. The number of carboxylic acid groups (broad SMARTS) is 1. The van der Waals surface area contributed by atoms with Gasteiger partial charge in [0.2, 0.25) is 5.91 Å². The van der Waals surface area contributed by atoms with Crippen molar-refractivity contribution in [2.24, 2.45) is 5.92 Å². The highest BCUT2D eigenvalue weighted by atomic mass is 16.4. The van der Waals surface area contributed by atoms with E-state index in [0.717, 1.165) is 19.3 Å². The molecule has 1 atom stereocenters. The molecule has 5 heteroatoms. The summed E-state index contributed by atoms with van der Waals surface area (Å²) >= 11 is 0. The second-order valence-electron chi connectivity index (χ2n) is 6.44. The summed E-state index contributed by atoms with van der Waals surface area (Å²) in [6.45, 7) is 2.54. The zero-order valence-electron chi connectivity index (χ0n) is 13.6. The van der Waals surface area contributed by atoms with Gasteiger partial charge in [-0.1, -0.05) is 37.3 Å². The Morgan fingerprint density at radius 2 is 1.83 bits per heavy atom. The second-order valence-corrected chi connectivity index (χ2v) is 6.44. The number of piperidine rings is 1. The van der Waals surface area contributed by atoms with Crippen molar-refractivity contribution >= 4 is 11.9 Å². The third-order valence-electron chi connectivity index (χ3n) is 4.67. The van der Waals surface area contributed by atoms with Crippen LogP contribution >= 0.6 is 0 Å². The van der Waals surface area contributed by atoms with E-state index in [-0.39, 0.29) is 24.7 Å². The number of nitrogens with zero attached hydrogens (tertiary/aromatic N) is 1. The topological polar surface area (TPSA) is 77.8 Å². The maximum Gasteiger partial charge on any atom is 0.335 e. The van der Waals surface area contributed by atoms with Crippen LogP contribution in [-0.2, 0) is 16.0 Å². The molecule has 0 bridgehead atoms. The summed E-state index contributed by atoms with van der Waals surface area (Å²) in [5.74, 6) is -1.21. The molecule has 1 aliphatic rings. The normalized spacial score (nSPS) is 18.4. The minimum Gasteiger partial charge on any atom is -0.479 e. The fourth-order valence-corrected chi connectivity index (χ4v) is 3.00. The van der Waals surface area contributed by atoms with Crippen LogP contribution in [-0.4, -0.2) is 45.7 Å². The highest BCUT2D eigenvalue weighted by Crippen LogP contribution is 2.24. The van der Waals surface area contributed by atoms with Crippen LogP contribution in [0.3, 0.4) is 0 Å². The summed E-state index contributed by atoms with van der Waals surface area (Å²) in [5.41, 5.74) is -0.399. The van der Waals surface area contributed by atoms with Gasteiger partial charge in [0, 0.05) is 31.8 Å². The molecule has 1 unspecified atom stereocenters. The molecule has 0 spiro atoms. The first-order chi connectivity index (χ1) is 10.9. The molecule has 2 N–H and O–H groups in total. The minimum atomic E-state index is -1.67. The van der Waals surface area contributed by atoms with E-state index in [1.54, 1.807) is 4.90 Å². The first-order valence-electron chi connectivity index (χ1n) is 8.21. The van der Waals surface area contributed by atoms with Gasteiger partial charge in [-0.25, -0.2) is 4.79 Å². The molecule has 0 aliphatic carbocycles. The van der Waals surface area contributed by atoms with E-state index in [4.69, 9.17) is 5.11 Å². The Morgan fingerprint density at radius 3 is 2.39 bits per heavy atom. The summed E-state index contributed by atoms with van der Waals surface area (Å²) in [7, 11) is 0. The molecule has 5 nitrogen and oxygen atoms in total. The molecule has 0 aromatic heterocycles. The first kappa shape index (κ1) is 17.5. The van der Waals surface area contributed by atoms with Crippen molar-refractivity contribution < 1.29 is 19.8 Å². The third-order valence-corrected chi connectivity index (χ3v) is 4.67. The molecule has 0 radical (unpaired) electrons. The second kappa shape index (κ2) is 7.59. The molecule has 1 aromatic carbocycles. The van der Waals surface area contributed by atoms with Crippen molar-refractivity contribution in [3.05, 3.63) is 35.9 Å². The maximum absolute atomic E-state index is 12.4. The smallest absolute Gasteiger partial charge is 0.335 e. The van der Waals surface area contributed by atoms with Gasteiger partial charge in [0.25, 0.3) is 0 Å². The number of hydrogen-bond donors (Lipinski definition) is 2.